The maximum Gasteiger partial charge on any atom is 0.471 e. The molecule has 9 nitrogen and oxygen atoms in total. The van der Waals surface area contributed by atoms with Gasteiger partial charge >= 0.3 is 17.8 Å². The van der Waals surface area contributed by atoms with Gasteiger partial charge in [-0.2, -0.15) is 13.2 Å². The van der Waals surface area contributed by atoms with Crippen molar-refractivity contribution in [2.75, 3.05) is 19.1 Å². The lowest BCUT2D eigenvalue weighted by atomic mass is 10.2. The lowest BCUT2D eigenvalue weighted by Gasteiger charge is -2.24. The van der Waals surface area contributed by atoms with Crippen molar-refractivity contribution in [3.63, 3.8) is 0 Å². The van der Waals surface area contributed by atoms with Crippen molar-refractivity contribution in [1.29, 1.82) is 0 Å². The number of aryl methyl sites for hydroxylation is 1. The number of ether oxygens (including phenoxy) is 2. The van der Waals surface area contributed by atoms with Gasteiger partial charge in [0.1, 0.15) is 18.3 Å². The number of halogens is 3. The molecular formula is C17H24F3N3O6S2. The van der Waals surface area contributed by atoms with Crippen LogP contribution in [0, 0.1) is 6.92 Å². The van der Waals surface area contributed by atoms with Crippen LogP contribution in [0.2, 0.25) is 0 Å². The van der Waals surface area contributed by atoms with E-state index in [4.69, 9.17) is 9.47 Å². The van der Waals surface area contributed by atoms with E-state index in [9.17, 15) is 32.7 Å². The molecule has 1 fully saturated rings. The van der Waals surface area contributed by atoms with Crippen molar-refractivity contribution in [3.05, 3.63) is 32.6 Å². The van der Waals surface area contributed by atoms with E-state index < -0.39 is 46.5 Å². The highest BCUT2D eigenvalue weighted by atomic mass is 33.1. The number of amides is 1. The quantitative estimate of drug-likeness (QED) is 0.271. The molecule has 14 heteroatoms. The number of aromatic amines is 1. The van der Waals surface area contributed by atoms with E-state index in [2.05, 4.69) is 4.98 Å². The molecule has 1 aromatic heterocycles. The van der Waals surface area contributed by atoms with Gasteiger partial charge in [-0.15, -0.1) is 0 Å². The topological polar surface area (TPSA) is 123 Å². The zero-order valence-electron chi connectivity index (χ0n) is 17.0. The number of nitrogens with one attached hydrogen (secondary N) is 2. The van der Waals surface area contributed by atoms with E-state index in [1.54, 1.807) is 20.8 Å². The number of H-pyrrole nitrogens is 1. The molecule has 0 radical (unpaired) electrons. The fraction of sp³-hybridized carbons (Fsp3) is 0.706. The molecule has 2 heterocycles. The first kappa shape index (κ1) is 25.8. The molecule has 3 atom stereocenters. The van der Waals surface area contributed by atoms with E-state index in [0.29, 0.717) is 5.56 Å². The van der Waals surface area contributed by atoms with E-state index in [-0.39, 0.29) is 25.5 Å². The van der Waals surface area contributed by atoms with Crippen LogP contribution >= 0.6 is 21.6 Å². The van der Waals surface area contributed by atoms with Gasteiger partial charge in [0.2, 0.25) is 0 Å². The third kappa shape index (κ3) is 7.27. The van der Waals surface area contributed by atoms with Gasteiger partial charge in [-0.1, -0.05) is 21.6 Å². The number of rotatable bonds is 9. The highest BCUT2D eigenvalue weighted by Gasteiger charge is 2.39. The Morgan fingerprint density at radius 3 is 2.71 bits per heavy atom. The standard InChI is InChI=1S/C17H24F3N3O6S2/c1-9-5-23(15(27)22-13(9)25)12-4-10(11(6-24)29-12)28-8-30-31-16(2,3)7-21-14(26)17(18,19)20/h5,10-12,24H,4,6-8H2,1-3H3,(H,21,26)(H,22,25,27)/t10-,11-,12-/m1/s1. The minimum absolute atomic E-state index is 0.137. The van der Waals surface area contributed by atoms with Crippen LogP contribution in [0.4, 0.5) is 13.2 Å². The first-order valence-electron chi connectivity index (χ1n) is 9.19. The molecular weight excluding hydrogens is 463 g/mol. The van der Waals surface area contributed by atoms with Crippen LogP contribution in [-0.4, -0.2) is 62.8 Å². The third-order valence-corrected chi connectivity index (χ3v) is 7.30. The molecule has 176 valence electrons. The fourth-order valence-electron chi connectivity index (χ4n) is 2.73. The lowest BCUT2D eigenvalue weighted by Crippen LogP contribution is -2.42. The second kappa shape index (κ2) is 10.4. The zero-order chi connectivity index (χ0) is 23.4. The van der Waals surface area contributed by atoms with Gasteiger partial charge in [-0.25, -0.2) is 4.79 Å². The smallest absolute Gasteiger partial charge is 0.394 e. The average Bonchev–Trinajstić information content (AvgIpc) is 3.08. The number of hydrogen-bond acceptors (Lipinski definition) is 8. The van der Waals surface area contributed by atoms with Crippen molar-refractivity contribution >= 4 is 27.5 Å². The van der Waals surface area contributed by atoms with Crippen molar-refractivity contribution in [1.82, 2.24) is 14.9 Å². The predicted octanol–water partition coefficient (Wildman–Crippen LogP) is 1.31. The first-order valence-corrected chi connectivity index (χ1v) is 11.5. The predicted molar refractivity (Wildman–Crippen MR) is 110 cm³/mol. The molecule has 0 unspecified atom stereocenters. The van der Waals surface area contributed by atoms with Crippen LogP contribution < -0.4 is 16.6 Å². The third-order valence-electron chi connectivity index (χ3n) is 4.36. The largest absolute Gasteiger partial charge is 0.471 e. The van der Waals surface area contributed by atoms with Gasteiger partial charge in [0.15, 0.2) is 0 Å². The van der Waals surface area contributed by atoms with Gasteiger partial charge in [0, 0.05) is 29.5 Å². The molecule has 0 bridgehead atoms. The molecule has 1 saturated heterocycles. The van der Waals surface area contributed by atoms with E-state index in [1.165, 1.54) is 32.4 Å². The van der Waals surface area contributed by atoms with Crippen LogP contribution in [-0.2, 0) is 14.3 Å². The van der Waals surface area contributed by atoms with Gasteiger partial charge in [0.05, 0.1) is 12.7 Å². The SMILES string of the molecule is Cc1cn([C@H]2C[C@@H](OCSSC(C)(C)CNC(=O)C(F)(F)F)[C@@H](CO)O2)c(=O)[nH]c1=O. The summed E-state index contributed by atoms with van der Waals surface area (Å²) in [6.45, 7) is 4.37. The summed E-state index contributed by atoms with van der Waals surface area (Å²) in [5.74, 6) is -1.85. The number of hydrogen-bond donors (Lipinski definition) is 3. The molecule has 31 heavy (non-hydrogen) atoms. The van der Waals surface area contributed by atoms with Gasteiger partial charge < -0.3 is 19.9 Å². The number of nitrogens with zero attached hydrogens (tertiary/aromatic N) is 1. The molecule has 1 aliphatic rings. The Morgan fingerprint density at radius 1 is 1.42 bits per heavy atom. The van der Waals surface area contributed by atoms with Crippen LogP contribution in [0.25, 0.3) is 0 Å². The summed E-state index contributed by atoms with van der Waals surface area (Å²) in [5.41, 5.74) is -0.793. The fourth-order valence-corrected chi connectivity index (χ4v) is 4.91. The number of alkyl halides is 3. The Hall–Kier alpha value is -1.48. The van der Waals surface area contributed by atoms with Crippen molar-refractivity contribution in [2.45, 2.75) is 56.6 Å². The van der Waals surface area contributed by atoms with Gasteiger partial charge in [-0.3, -0.25) is 19.1 Å². The molecule has 0 aliphatic carbocycles. The molecule has 3 N–H and O–H groups in total. The van der Waals surface area contributed by atoms with E-state index in [0.717, 1.165) is 0 Å². The molecule has 1 amide bonds. The van der Waals surface area contributed by atoms with E-state index >= 15 is 0 Å². The molecule has 0 spiro atoms. The monoisotopic (exact) mass is 487 g/mol. The molecule has 2 rings (SSSR count). The van der Waals surface area contributed by atoms with Gasteiger partial charge in [-0.05, 0) is 20.8 Å². The summed E-state index contributed by atoms with van der Waals surface area (Å²) >= 11 is 0. The minimum atomic E-state index is -4.93. The number of aliphatic hydroxyl groups excluding tert-OH is 1. The van der Waals surface area contributed by atoms with Gasteiger partial charge in [0.25, 0.3) is 5.56 Å². The van der Waals surface area contributed by atoms with Crippen molar-refractivity contribution in [2.24, 2.45) is 0 Å². The first-order chi connectivity index (χ1) is 14.3. The Balaban J connectivity index is 1.85. The number of carbonyl (C=O) groups is 1. The number of carbonyl (C=O) groups excluding carboxylic acids is 1. The summed E-state index contributed by atoms with van der Waals surface area (Å²) in [4.78, 5) is 36.7. The van der Waals surface area contributed by atoms with Crippen LogP contribution in [0.15, 0.2) is 15.8 Å². The number of aliphatic hydroxyl groups is 1. The lowest BCUT2D eigenvalue weighted by molar-refractivity contribution is -0.173. The second-order valence-corrected chi connectivity index (χ2v) is 10.4. The maximum absolute atomic E-state index is 12.3. The highest BCUT2D eigenvalue weighted by molar-refractivity contribution is 8.77. The average molecular weight is 488 g/mol. The molecule has 0 saturated carbocycles. The van der Waals surface area contributed by atoms with Crippen molar-refractivity contribution in [3.8, 4) is 0 Å². The zero-order valence-corrected chi connectivity index (χ0v) is 18.7. The molecule has 0 aromatic carbocycles. The Kier molecular flexibility index (Phi) is 8.67. The van der Waals surface area contributed by atoms with Crippen LogP contribution in [0.1, 0.15) is 32.1 Å². The summed E-state index contributed by atoms with van der Waals surface area (Å²) in [6, 6.07) is 0. The molecule has 1 aromatic rings. The Morgan fingerprint density at radius 2 is 2.10 bits per heavy atom. The summed E-state index contributed by atoms with van der Waals surface area (Å²) < 4.78 is 48.8. The summed E-state index contributed by atoms with van der Waals surface area (Å²) in [5, 5.41) is 11.4. The minimum Gasteiger partial charge on any atom is -0.394 e. The number of aromatic nitrogens is 2. The maximum atomic E-state index is 12.3. The summed E-state index contributed by atoms with van der Waals surface area (Å²) in [7, 11) is 2.47. The Bertz CT molecular complexity index is 889. The van der Waals surface area contributed by atoms with E-state index in [1.807, 2.05) is 5.32 Å². The Labute approximate surface area is 183 Å². The second-order valence-electron chi connectivity index (χ2n) is 7.49. The molecule has 1 aliphatic heterocycles. The van der Waals surface area contributed by atoms with Crippen molar-refractivity contribution < 1.29 is 32.5 Å². The summed E-state index contributed by atoms with van der Waals surface area (Å²) in [6.07, 6.45) is -5.24. The van der Waals surface area contributed by atoms with Crippen LogP contribution in [0.5, 0.6) is 0 Å². The highest BCUT2D eigenvalue weighted by Crippen LogP contribution is 2.37. The normalized spacial score (nSPS) is 22.0. The van der Waals surface area contributed by atoms with Crippen LogP contribution in [0.3, 0.4) is 0 Å².